The normalized spacial score (nSPS) is 10.0. The van der Waals surface area contributed by atoms with E-state index in [1.807, 2.05) is 48.0 Å². The Morgan fingerprint density at radius 1 is 1.10 bits per heavy atom. The first-order valence-corrected chi connectivity index (χ1v) is 7.38. The highest BCUT2D eigenvalue weighted by molar-refractivity contribution is 7.07. The predicted octanol–water partition coefficient (Wildman–Crippen LogP) is 2.07. The molecule has 21 heavy (non-hydrogen) atoms. The van der Waals surface area contributed by atoms with Crippen molar-refractivity contribution in [3.63, 3.8) is 0 Å². The van der Waals surface area contributed by atoms with Crippen molar-refractivity contribution < 1.29 is 9.59 Å². The van der Waals surface area contributed by atoms with Crippen LogP contribution in [0.15, 0.2) is 41.1 Å². The van der Waals surface area contributed by atoms with E-state index < -0.39 is 11.8 Å². The van der Waals surface area contributed by atoms with Gasteiger partial charge in [-0.2, -0.15) is 11.3 Å². The lowest BCUT2D eigenvalue weighted by Crippen LogP contribution is -2.34. The van der Waals surface area contributed by atoms with Gasteiger partial charge in [0.15, 0.2) is 0 Å². The van der Waals surface area contributed by atoms with Crippen molar-refractivity contribution in [2.75, 3.05) is 24.3 Å². The van der Waals surface area contributed by atoms with Gasteiger partial charge in [-0.05, 0) is 46.7 Å². The van der Waals surface area contributed by atoms with Crippen LogP contribution >= 0.6 is 11.3 Å². The Morgan fingerprint density at radius 3 is 2.38 bits per heavy atom. The number of carbonyl (C=O) groups excluding carboxylic acids is 2. The van der Waals surface area contributed by atoms with E-state index >= 15 is 0 Å². The molecule has 1 aromatic carbocycles. The molecular weight excluding hydrogens is 286 g/mol. The third-order valence-corrected chi connectivity index (χ3v) is 3.61. The van der Waals surface area contributed by atoms with Gasteiger partial charge in [-0.15, -0.1) is 0 Å². The number of amides is 2. The average molecular weight is 303 g/mol. The molecule has 0 aliphatic rings. The largest absolute Gasteiger partial charge is 0.378 e. The van der Waals surface area contributed by atoms with Crippen molar-refractivity contribution in [2.24, 2.45) is 0 Å². The van der Waals surface area contributed by atoms with Gasteiger partial charge >= 0.3 is 11.8 Å². The van der Waals surface area contributed by atoms with Gasteiger partial charge in [0.2, 0.25) is 0 Å². The smallest absolute Gasteiger partial charge is 0.313 e. The lowest BCUT2D eigenvalue weighted by Gasteiger charge is -2.13. The molecule has 0 fully saturated rings. The van der Waals surface area contributed by atoms with Crippen molar-refractivity contribution in [3.05, 3.63) is 46.7 Å². The monoisotopic (exact) mass is 303 g/mol. The van der Waals surface area contributed by atoms with Gasteiger partial charge in [0.1, 0.15) is 0 Å². The molecule has 110 valence electrons. The summed E-state index contributed by atoms with van der Waals surface area (Å²) in [5.74, 6) is -1.30. The molecule has 0 radical (unpaired) electrons. The molecule has 2 amide bonds. The van der Waals surface area contributed by atoms with Crippen molar-refractivity contribution in [3.8, 4) is 0 Å². The van der Waals surface area contributed by atoms with Gasteiger partial charge in [-0.1, -0.05) is 0 Å². The highest BCUT2D eigenvalue weighted by atomic mass is 32.1. The van der Waals surface area contributed by atoms with Crippen LogP contribution in [0.5, 0.6) is 0 Å². The second kappa shape index (κ2) is 6.90. The van der Waals surface area contributed by atoms with Gasteiger partial charge < -0.3 is 15.5 Å². The van der Waals surface area contributed by atoms with Crippen molar-refractivity contribution in [1.29, 1.82) is 0 Å². The fourth-order valence-corrected chi connectivity index (χ4v) is 2.36. The molecule has 1 heterocycles. The van der Waals surface area contributed by atoms with E-state index in [-0.39, 0.29) is 0 Å². The topological polar surface area (TPSA) is 61.4 Å². The van der Waals surface area contributed by atoms with E-state index in [2.05, 4.69) is 10.6 Å². The number of hydrogen-bond donors (Lipinski definition) is 2. The van der Waals surface area contributed by atoms with Gasteiger partial charge in [-0.3, -0.25) is 9.59 Å². The standard InChI is InChI=1S/C15H17N3O2S/c1-18(2)13-5-3-12(4-6-13)17-15(20)14(19)16-9-11-7-8-21-10-11/h3-8,10H,9H2,1-2H3,(H,16,19)(H,17,20). The molecule has 2 N–H and O–H groups in total. The molecule has 0 saturated heterocycles. The first kappa shape index (κ1) is 15.1. The minimum atomic E-state index is -0.664. The van der Waals surface area contributed by atoms with E-state index in [1.165, 1.54) is 0 Å². The van der Waals surface area contributed by atoms with Crippen LogP contribution in [0.4, 0.5) is 11.4 Å². The maximum atomic E-state index is 11.8. The second-order valence-corrected chi connectivity index (χ2v) is 5.49. The maximum Gasteiger partial charge on any atom is 0.313 e. The highest BCUT2D eigenvalue weighted by Crippen LogP contribution is 2.15. The van der Waals surface area contributed by atoms with E-state index in [0.717, 1.165) is 11.3 Å². The molecule has 0 bridgehead atoms. The summed E-state index contributed by atoms with van der Waals surface area (Å²) in [5, 5.41) is 9.01. The summed E-state index contributed by atoms with van der Waals surface area (Å²) in [6.45, 7) is 0.356. The summed E-state index contributed by atoms with van der Waals surface area (Å²) in [4.78, 5) is 25.4. The molecule has 0 saturated carbocycles. The van der Waals surface area contributed by atoms with Crippen LogP contribution in [0.2, 0.25) is 0 Å². The quantitative estimate of drug-likeness (QED) is 0.850. The summed E-state index contributed by atoms with van der Waals surface area (Å²) >= 11 is 1.55. The summed E-state index contributed by atoms with van der Waals surface area (Å²) in [6, 6.07) is 9.18. The minimum Gasteiger partial charge on any atom is -0.378 e. The molecule has 0 aliphatic heterocycles. The minimum absolute atomic E-state index is 0.356. The molecule has 2 rings (SSSR count). The third-order valence-electron chi connectivity index (χ3n) is 2.88. The molecule has 0 unspecified atom stereocenters. The Hall–Kier alpha value is -2.34. The predicted molar refractivity (Wildman–Crippen MR) is 85.6 cm³/mol. The number of rotatable bonds is 4. The van der Waals surface area contributed by atoms with Crippen LogP contribution in [0.3, 0.4) is 0 Å². The number of carbonyl (C=O) groups is 2. The molecule has 1 aromatic heterocycles. The average Bonchev–Trinajstić information content (AvgIpc) is 2.98. The fraction of sp³-hybridized carbons (Fsp3) is 0.200. The molecule has 0 atom stereocenters. The zero-order valence-corrected chi connectivity index (χ0v) is 12.7. The number of thiophene rings is 1. The molecule has 6 heteroatoms. The van der Waals surface area contributed by atoms with Crippen LogP contribution in [-0.2, 0) is 16.1 Å². The number of benzene rings is 1. The fourth-order valence-electron chi connectivity index (χ4n) is 1.69. The molecular formula is C15H17N3O2S. The van der Waals surface area contributed by atoms with Gasteiger partial charge in [0, 0.05) is 32.0 Å². The van der Waals surface area contributed by atoms with Gasteiger partial charge in [0.25, 0.3) is 0 Å². The second-order valence-electron chi connectivity index (χ2n) is 4.71. The zero-order chi connectivity index (χ0) is 15.2. The Bertz CT molecular complexity index is 606. The third kappa shape index (κ3) is 4.32. The van der Waals surface area contributed by atoms with Crippen LogP contribution in [0.25, 0.3) is 0 Å². The number of nitrogens with zero attached hydrogens (tertiary/aromatic N) is 1. The number of hydrogen-bond acceptors (Lipinski definition) is 4. The Balaban J connectivity index is 1.86. The summed E-state index contributed by atoms with van der Waals surface area (Å²) in [5.41, 5.74) is 2.60. The van der Waals surface area contributed by atoms with E-state index in [4.69, 9.17) is 0 Å². The lowest BCUT2D eigenvalue weighted by atomic mass is 10.2. The van der Waals surface area contributed by atoms with Gasteiger partial charge in [0.05, 0.1) is 0 Å². The van der Waals surface area contributed by atoms with Crippen LogP contribution in [0, 0.1) is 0 Å². The Kier molecular flexibility index (Phi) is 4.94. The molecule has 5 nitrogen and oxygen atoms in total. The molecule has 0 aliphatic carbocycles. The number of anilines is 2. The summed E-state index contributed by atoms with van der Waals surface area (Å²) < 4.78 is 0. The summed E-state index contributed by atoms with van der Waals surface area (Å²) in [7, 11) is 3.87. The van der Waals surface area contributed by atoms with Crippen molar-refractivity contribution in [1.82, 2.24) is 5.32 Å². The van der Waals surface area contributed by atoms with Crippen LogP contribution < -0.4 is 15.5 Å². The Labute approximate surface area is 127 Å². The van der Waals surface area contributed by atoms with Crippen molar-refractivity contribution >= 4 is 34.5 Å². The van der Waals surface area contributed by atoms with Crippen LogP contribution in [-0.4, -0.2) is 25.9 Å². The van der Waals surface area contributed by atoms with E-state index in [9.17, 15) is 9.59 Å². The maximum absolute atomic E-state index is 11.8. The SMILES string of the molecule is CN(C)c1ccc(NC(=O)C(=O)NCc2ccsc2)cc1. The Morgan fingerprint density at radius 2 is 1.81 bits per heavy atom. The van der Waals surface area contributed by atoms with Crippen LogP contribution in [0.1, 0.15) is 5.56 Å². The van der Waals surface area contributed by atoms with Crippen molar-refractivity contribution in [2.45, 2.75) is 6.54 Å². The lowest BCUT2D eigenvalue weighted by molar-refractivity contribution is -0.136. The molecule has 2 aromatic rings. The highest BCUT2D eigenvalue weighted by Gasteiger charge is 2.13. The van der Waals surface area contributed by atoms with E-state index in [1.54, 1.807) is 23.5 Å². The van der Waals surface area contributed by atoms with E-state index in [0.29, 0.717) is 12.2 Å². The molecule has 0 spiro atoms. The summed E-state index contributed by atoms with van der Waals surface area (Å²) in [6.07, 6.45) is 0. The zero-order valence-electron chi connectivity index (χ0n) is 11.9. The number of nitrogens with one attached hydrogen (secondary N) is 2. The van der Waals surface area contributed by atoms with Gasteiger partial charge in [-0.25, -0.2) is 0 Å². The first-order chi connectivity index (χ1) is 10.1. The first-order valence-electron chi connectivity index (χ1n) is 6.44.